The molecule has 0 saturated heterocycles. The highest BCUT2D eigenvalue weighted by atomic mass is 16.7. The third-order valence-corrected chi connectivity index (χ3v) is 2.41. The number of nitrogens with zero attached hydrogens (tertiary/aromatic N) is 1. The highest BCUT2D eigenvalue weighted by Gasteiger charge is 2.10. The molecule has 0 rings (SSSR count). The van der Waals surface area contributed by atoms with Crippen molar-refractivity contribution < 1.29 is 14.3 Å². The molecular formula is C12H21NO3. The first-order chi connectivity index (χ1) is 7.74. The molecule has 4 heteroatoms. The van der Waals surface area contributed by atoms with Crippen molar-refractivity contribution >= 4 is 6.16 Å². The largest absolute Gasteiger partial charge is 0.508 e. The number of hydrogen-bond acceptors (Lipinski definition) is 4. The van der Waals surface area contributed by atoms with Crippen molar-refractivity contribution in [3.8, 4) is 6.07 Å². The van der Waals surface area contributed by atoms with Crippen LogP contribution in [0.2, 0.25) is 0 Å². The summed E-state index contributed by atoms with van der Waals surface area (Å²) in [6.45, 7) is 4.76. The first kappa shape index (κ1) is 14.8. The highest BCUT2D eigenvalue weighted by molar-refractivity contribution is 5.59. The van der Waals surface area contributed by atoms with Gasteiger partial charge in [0.1, 0.15) is 6.61 Å². The van der Waals surface area contributed by atoms with Gasteiger partial charge in [0.2, 0.25) is 0 Å². The Morgan fingerprint density at radius 1 is 1.38 bits per heavy atom. The average Bonchev–Trinajstić information content (AvgIpc) is 2.30. The molecule has 0 spiro atoms. The predicted octanol–water partition coefficient (Wildman–Crippen LogP) is 3.27. The Bertz CT molecular complexity index is 223. The monoisotopic (exact) mass is 227 g/mol. The van der Waals surface area contributed by atoms with Gasteiger partial charge in [-0.05, 0) is 12.3 Å². The molecule has 0 aliphatic carbocycles. The van der Waals surface area contributed by atoms with Gasteiger partial charge >= 0.3 is 6.16 Å². The summed E-state index contributed by atoms with van der Waals surface area (Å²) in [5.41, 5.74) is 0. The third kappa shape index (κ3) is 8.10. The van der Waals surface area contributed by atoms with Gasteiger partial charge in [0, 0.05) is 0 Å². The van der Waals surface area contributed by atoms with E-state index in [2.05, 4.69) is 13.8 Å². The number of ether oxygens (including phenoxy) is 2. The molecule has 0 aromatic rings. The van der Waals surface area contributed by atoms with E-state index in [1.807, 2.05) is 6.07 Å². The maximum absolute atomic E-state index is 11.1. The van der Waals surface area contributed by atoms with Gasteiger partial charge in [-0.25, -0.2) is 4.79 Å². The molecule has 92 valence electrons. The van der Waals surface area contributed by atoms with Crippen LogP contribution in [0.15, 0.2) is 0 Å². The van der Waals surface area contributed by atoms with Crippen LogP contribution < -0.4 is 0 Å². The summed E-state index contributed by atoms with van der Waals surface area (Å²) in [6.07, 6.45) is 3.95. The third-order valence-electron chi connectivity index (χ3n) is 2.41. The molecule has 0 radical (unpaired) electrons. The van der Waals surface area contributed by atoms with E-state index in [-0.39, 0.29) is 13.0 Å². The normalized spacial score (nSPS) is 11.6. The molecule has 0 aromatic heterocycles. The summed E-state index contributed by atoms with van der Waals surface area (Å²) in [5.74, 6) is 0.420. The summed E-state index contributed by atoms with van der Waals surface area (Å²) in [7, 11) is 0. The first-order valence-electron chi connectivity index (χ1n) is 5.91. The molecule has 0 N–H and O–H groups in total. The van der Waals surface area contributed by atoms with Gasteiger partial charge in [-0.15, -0.1) is 0 Å². The van der Waals surface area contributed by atoms with Crippen LogP contribution in [-0.4, -0.2) is 19.4 Å². The maximum atomic E-state index is 11.1. The molecular weight excluding hydrogens is 206 g/mol. The lowest BCUT2D eigenvalue weighted by molar-refractivity contribution is 0.0439. The second kappa shape index (κ2) is 10.3. The lowest BCUT2D eigenvalue weighted by Gasteiger charge is -2.14. The molecule has 0 aromatic carbocycles. The molecule has 0 saturated carbocycles. The zero-order valence-corrected chi connectivity index (χ0v) is 10.2. The fraction of sp³-hybridized carbons (Fsp3) is 0.833. The van der Waals surface area contributed by atoms with Crippen molar-refractivity contribution in [3.63, 3.8) is 0 Å². The quantitative estimate of drug-likeness (QED) is 0.471. The highest BCUT2D eigenvalue weighted by Crippen LogP contribution is 2.13. The Kier molecular flexibility index (Phi) is 9.49. The molecule has 4 nitrogen and oxygen atoms in total. The fourth-order valence-corrected chi connectivity index (χ4v) is 1.31. The van der Waals surface area contributed by atoms with E-state index in [0.29, 0.717) is 12.5 Å². The summed E-state index contributed by atoms with van der Waals surface area (Å²) >= 11 is 0. The second-order valence-corrected chi connectivity index (χ2v) is 3.73. The molecule has 0 fully saturated rings. The SMILES string of the molecule is CCCCC(CC)COC(=O)OCCC#N. The van der Waals surface area contributed by atoms with Crippen LogP contribution in [0.5, 0.6) is 0 Å². The zero-order valence-electron chi connectivity index (χ0n) is 10.2. The Hall–Kier alpha value is -1.24. The molecule has 0 bridgehead atoms. The van der Waals surface area contributed by atoms with Crippen LogP contribution in [0.4, 0.5) is 4.79 Å². The minimum atomic E-state index is -0.662. The second-order valence-electron chi connectivity index (χ2n) is 3.73. The van der Waals surface area contributed by atoms with Crippen molar-refractivity contribution in [2.24, 2.45) is 5.92 Å². The summed E-state index contributed by atoms with van der Waals surface area (Å²) in [5, 5.41) is 8.25. The van der Waals surface area contributed by atoms with Gasteiger partial charge in [-0.1, -0.05) is 33.1 Å². The van der Waals surface area contributed by atoms with E-state index in [1.165, 1.54) is 0 Å². The van der Waals surface area contributed by atoms with Crippen LogP contribution >= 0.6 is 0 Å². The average molecular weight is 227 g/mol. The summed E-state index contributed by atoms with van der Waals surface area (Å²) in [6, 6.07) is 1.89. The molecule has 16 heavy (non-hydrogen) atoms. The topological polar surface area (TPSA) is 59.3 Å². The number of rotatable bonds is 8. The number of unbranched alkanes of at least 4 members (excludes halogenated alkanes) is 1. The van der Waals surface area contributed by atoms with Gasteiger partial charge in [-0.2, -0.15) is 5.26 Å². The van der Waals surface area contributed by atoms with Crippen LogP contribution in [-0.2, 0) is 9.47 Å². The van der Waals surface area contributed by atoms with Crippen LogP contribution in [0.1, 0.15) is 46.0 Å². The van der Waals surface area contributed by atoms with Crippen molar-refractivity contribution in [2.45, 2.75) is 46.0 Å². The fourth-order valence-electron chi connectivity index (χ4n) is 1.31. The number of hydrogen-bond donors (Lipinski definition) is 0. The van der Waals surface area contributed by atoms with Crippen LogP contribution in [0, 0.1) is 17.2 Å². The van der Waals surface area contributed by atoms with E-state index in [9.17, 15) is 4.79 Å². The van der Waals surface area contributed by atoms with Gasteiger partial charge in [0.15, 0.2) is 0 Å². The van der Waals surface area contributed by atoms with Crippen LogP contribution in [0.25, 0.3) is 0 Å². The summed E-state index contributed by atoms with van der Waals surface area (Å²) < 4.78 is 9.67. The number of carbonyl (C=O) groups is 1. The minimum absolute atomic E-state index is 0.112. The molecule has 1 atom stereocenters. The predicted molar refractivity (Wildman–Crippen MR) is 60.8 cm³/mol. The van der Waals surface area contributed by atoms with Gasteiger partial charge in [0.25, 0.3) is 0 Å². The molecule has 0 amide bonds. The lowest BCUT2D eigenvalue weighted by Crippen LogP contribution is -2.15. The van der Waals surface area contributed by atoms with Crippen molar-refractivity contribution in [1.82, 2.24) is 0 Å². The standard InChI is InChI=1S/C12H21NO3/c1-3-5-7-11(4-2)10-16-12(14)15-9-6-8-13/h11H,3-7,9-10H2,1-2H3. The molecule has 1 unspecified atom stereocenters. The molecule has 0 aliphatic heterocycles. The van der Waals surface area contributed by atoms with Crippen molar-refractivity contribution in [2.75, 3.05) is 13.2 Å². The van der Waals surface area contributed by atoms with E-state index < -0.39 is 6.16 Å². The van der Waals surface area contributed by atoms with Crippen molar-refractivity contribution in [1.29, 1.82) is 5.26 Å². The summed E-state index contributed by atoms with van der Waals surface area (Å²) in [4.78, 5) is 11.1. The zero-order chi connectivity index (χ0) is 12.2. The Morgan fingerprint density at radius 2 is 2.12 bits per heavy atom. The van der Waals surface area contributed by atoms with E-state index >= 15 is 0 Å². The van der Waals surface area contributed by atoms with Gasteiger partial charge in [-0.3, -0.25) is 0 Å². The van der Waals surface area contributed by atoms with E-state index in [4.69, 9.17) is 14.7 Å². The number of carbonyl (C=O) groups excluding carboxylic acids is 1. The van der Waals surface area contributed by atoms with Crippen LogP contribution in [0.3, 0.4) is 0 Å². The first-order valence-corrected chi connectivity index (χ1v) is 5.91. The smallest absolute Gasteiger partial charge is 0.434 e. The molecule has 0 heterocycles. The van der Waals surface area contributed by atoms with Gasteiger partial charge in [0.05, 0.1) is 19.1 Å². The van der Waals surface area contributed by atoms with E-state index in [0.717, 1.165) is 25.7 Å². The number of nitriles is 1. The lowest BCUT2D eigenvalue weighted by atomic mass is 10.0. The maximum Gasteiger partial charge on any atom is 0.508 e. The van der Waals surface area contributed by atoms with Crippen molar-refractivity contribution in [3.05, 3.63) is 0 Å². The van der Waals surface area contributed by atoms with E-state index in [1.54, 1.807) is 0 Å². The Labute approximate surface area is 97.5 Å². The molecule has 0 aliphatic rings. The Morgan fingerprint density at radius 3 is 2.69 bits per heavy atom. The Balaban J connectivity index is 3.59. The minimum Gasteiger partial charge on any atom is -0.434 e. The van der Waals surface area contributed by atoms with Gasteiger partial charge < -0.3 is 9.47 Å².